The van der Waals surface area contributed by atoms with E-state index < -0.39 is 20.8 Å². The molecule has 7 rings (SSSR count). The Morgan fingerprint density at radius 3 is 1.85 bits per heavy atom. The van der Waals surface area contributed by atoms with Crippen LogP contribution in [0.4, 0.5) is 0 Å². The molecule has 0 spiro atoms. The Kier molecular flexibility index (Phi) is 14.1. The van der Waals surface area contributed by atoms with Crippen LogP contribution in [-0.4, -0.2) is 9.52 Å². The van der Waals surface area contributed by atoms with E-state index in [1.165, 1.54) is 88.0 Å². The summed E-state index contributed by atoms with van der Waals surface area (Å²) < 4.78 is 0. The van der Waals surface area contributed by atoms with Crippen molar-refractivity contribution in [1.82, 2.24) is 0 Å². The van der Waals surface area contributed by atoms with Gasteiger partial charge in [0, 0.05) is 9.52 Å². The first kappa shape index (κ1) is 38.1. The maximum atomic E-state index is 4.93. The molecule has 0 saturated carbocycles. The van der Waals surface area contributed by atoms with Gasteiger partial charge >= 0.3 is 37.9 Å². The van der Waals surface area contributed by atoms with Crippen LogP contribution in [0.25, 0.3) is 54.6 Å². The molecule has 0 amide bonds. The summed E-state index contributed by atoms with van der Waals surface area (Å²) in [6.07, 6.45) is 0. The molecule has 0 aliphatic heterocycles. The number of fused-ring (bicyclic) bond motifs is 3. The van der Waals surface area contributed by atoms with Crippen molar-refractivity contribution in [3.05, 3.63) is 143 Å². The molecular formula is C44H46Cl2SiZr. The molecule has 7 aromatic carbocycles. The van der Waals surface area contributed by atoms with Crippen molar-refractivity contribution in [2.75, 3.05) is 0 Å². The fourth-order valence-corrected chi connectivity index (χ4v) is 6.70. The minimum atomic E-state index is -0.826. The van der Waals surface area contributed by atoms with Gasteiger partial charge in [-0.2, -0.15) is 12.1 Å². The second kappa shape index (κ2) is 17.8. The predicted molar refractivity (Wildman–Crippen MR) is 214 cm³/mol. The topological polar surface area (TPSA) is 0 Å². The zero-order valence-corrected chi connectivity index (χ0v) is 34.7. The van der Waals surface area contributed by atoms with Crippen LogP contribution in [0.3, 0.4) is 0 Å². The van der Waals surface area contributed by atoms with Crippen LogP contribution in [0, 0.1) is 34.6 Å². The van der Waals surface area contributed by atoms with Gasteiger partial charge in [-0.3, -0.25) is 0 Å². The molecule has 0 heterocycles. The zero-order chi connectivity index (χ0) is 35.0. The van der Waals surface area contributed by atoms with Gasteiger partial charge in [0.15, 0.2) is 0 Å². The first-order valence-corrected chi connectivity index (χ1v) is 24.8. The summed E-state index contributed by atoms with van der Waals surface area (Å²) in [7, 11) is 11.0. The molecule has 0 fully saturated rings. The molecule has 0 unspecified atom stereocenters. The van der Waals surface area contributed by atoms with E-state index in [2.05, 4.69) is 171 Å². The maximum absolute atomic E-state index is 4.93. The van der Waals surface area contributed by atoms with Crippen molar-refractivity contribution in [3.63, 3.8) is 0 Å². The van der Waals surface area contributed by atoms with Crippen LogP contribution in [0.15, 0.2) is 109 Å². The molecule has 0 aromatic heterocycles. The van der Waals surface area contributed by atoms with Crippen molar-refractivity contribution in [1.29, 1.82) is 0 Å². The summed E-state index contributed by atoms with van der Waals surface area (Å²) in [4.78, 5) is 0. The van der Waals surface area contributed by atoms with Gasteiger partial charge in [-0.15, -0.1) is 68.6 Å². The number of hydrogen-bond donors (Lipinski definition) is 0. The molecular weight excluding hydrogens is 719 g/mol. The molecule has 0 atom stereocenters. The molecule has 4 heteroatoms. The van der Waals surface area contributed by atoms with Gasteiger partial charge in [0.1, 0.15) is 0 Å². The summed E-state index contributed by atoms with van der Waals surface area (Å²) in [6, 6.07) is 40.2. The first-order chi connectivity index (χ1) is 23.0. The van der Waals surface area contributed by atoms with Gasteiger partial charge in [0.2, 0.25) is 0 Å². The summed E-state index contributed by atoms with van der Waals surface area (Å²) in [5.41, 5.74) is 13.6. The van der Waals surface area contributed by atoms with E-state index in [9.17, 15) is 0 Å². The molecule has 48 heavy (non-hydrogen) atoms. The van der Waals surface area contributed by atoms with Crippen molar-refractivity contribution in [2.45, 2.75) is 67.5 Å². The van der Waals surface area contributed by atoms with Crippen LogP contribution in [0.1, 0.15) is 53.1 Å². The van der Waals surface area contributed by atoms with Gasteiger partial charge < -0.3 is 0 Å². The fourth-order valence-electron chi connectivity index (χ4n) is 6.70. The summed E-state index contributed by atoms with van der Waals surface area (Å²) in [6.45, 7) is 19.8. The Bertz CT molecular complexity index is 2080. The van der Waals surface area contributed by atoms with Crippen LogP contribution < -0.4 is 0 Å². The number of hydrogen-bond acceptors (Lipinski definition) is 0. The average molecular weight is 765 g/mol. The van der Waals surface area contributed by atoms with E-state index >= 15 is 0 Å². The Labute approximate surface area is 309 Å². The van der Waals surface area contributed by atoms with Gasteiger partial charge in [0.25, 0.3) is 0 Å². The number of benzene rings is 5. The van der Waals surface area contributed by atoms with Crippen LogP contribution in [0.2, 0.25) is 13.1 Å². The predicted octanol–water partition coefficient (Wildman–Crippen LogP) is 14.4. The van der Waals surface area contributed by atoms with E-state index in [1.54, 1.807) is 0 Å². The van der Waals surface area contributed by atoms with Crippen LogP contribution in [0.5, 0.6) is 0 Å². The first-order valence-electron chi connectivity index (χ1n) is 16.5. The Morgan fingerprint density at radius 1 is 0.604 bits per heavy atom. The molecule has 2 radical (unpaired) electrons. The van der Waals surface area contributed by atoms with E-state index in [0.717, 1.165) is 9.52 Å². The monoisotopic (exact) mass is 762 g/mol. The second-order valence-electron chi connectivity index (χ2n) is 12.9. The Morgan fingerprint density at radius 2 is 1.19 bits per heavy atom. The van der Waals surface area contributed by atoms with E-state index in [-0.39, 0.29) is 0 Å². The number of aryl methyl sites for hydroxylation is 5. The second-order valence-corrected chi connectivity index (χ2v) is 17.6. The Hall–Kier alpha value is -2.74. The van der Waals surface area contributed by atoms with Crippen molar-refractivity contribution >= 4 is 58.9 Å². The van der Waals surface area contributed by atoms with Gasteiger partial charge in [-0.25, -0.2) is 0 Å². The molecule has 0 bridgehead atoms. The minimum absolute atomic E-state index is 0.575. The number of halogens is 2. The fraction of sp³-hybridized carbons (Fsp3) is 0.227. The average Bonchev–Trinajstić information content (AvgIpc) is 3.67. The standard InChI is InChI=1S/C21H17.C21H23.C2H6Si.2ClH.Zr/c1-14-12-20-15(2)10-11-19(21(20)13-14)18-9-5-7-16-6-3-4-8-17(16)18;1-13(2)18-11-17-7-6-8-19(20(17)12-18)21-15(4)9-14(3)10-16(21)5;1-3-2;;;/h3-13H,1-2H3;6-13H,1-5H3;1-2H3;2*1H;/q2*-1;;;;+4/p-2. The molecule has 0 nitrogen and oxygen atoms in total. The molecule has 0 saturated heterocycles. The normalized spacial score (nSPS) is 10.6. The molecule has 0 N–H and O–H groups in total. The third-order valence-corrected chi connectivity index (χ3v) is 8.72. The molecule has 0 aliphatic carbocycles. The van der Waals surface area contributed by atoms with Gasteiger partial charge in [-0.05, 0) is 59.7 Å². The van der Waals surface area contributed by atoms with E-state index in [0.29, 0.717) is 5.92 Å². The third-order valence-electron chi connectivity index (χ3n) is 8.72. The van der Waals surface area contributed by atoms with Crippen molar-refractivity contribution < 1.29 is 20.8 Å². The Balaban J connectivity index is 0.000000187. The van der Waals surface area contributed by atoms with Gasteiger partial charge in [0.05, 0.1) is 0 Å². The van der Waals surface area contributed by atoms with E-state index in [1.807, 2.05) is 0 Å². The summed E-state index contributed by atoms with van der Waals surface area (Å²) in [5.74, 6) is 0.575. The molecule has 244 valence electrons. The van der Waals surface area contributed by atoms with Crippen LogP contribution >= 0.6 is 17.0 Å². The zero-order valence-electron chi connectivity index (χ0n) is 29.7. The summed E-state index contributed by atoms with van der Waals surface area (Å²) >= 11 is -0.826. The SMILES string of the molecule is C[Si]C.Cc1cc(C)c(-c2cccc3[cH-]c(C(C)C)cc23)c(C)c1.Cc1cc2c(-c3cccc4ccccc34)ccc(C)c2[cH-]1.[Cl][Zr+2][Cl]. The van der Waals surface area contributed by atoms with Crippen molar-refractivity contribution in [2.24, 2.45) is 0 Å². The molecule has 0 aliphatic rings. The van der Waals surface area contributed by atoms with Crippen molar-refractivity contribution in [3.8, 4) is 22.3 Å². The quantitative estimate of drug-likeness (QED) is 0.124. The summed E-state index contributed by atoms with van der Waals surface area (Å²) in [5, 5.41) is 8.10. The van der Waals surface area contributed by atoms with E-state index in [4.69, 9.17) is 17.0 Å². The molecule has 7 aromatic rings. The third kappa shape index (κ3) is 8.88. The van der Waals surface area contributed by atoms with Gasteiger partial charge in [-0.1, -0.05) is 124 Å². The van der Waals surface area contributed by atoms with Crippen LogP contribution in [-0.2, 0) is 20.8 Å². The number of rotatable bonds is 3.